The van der Waals surface area contributed by atoms with Crippen molar-refractivity contribution in [2.45, 2.75) is 20.1 Å². The monoisotopic (exact) mass is 430 g/mol. The number of carbonyl (C=O) groups is 1. The molecule has 0 aliphatic heterocycles. The number of aromatic hydroxyl groups is 2. The van der Waals surface area contributed by atoms with Crippen LogP contribution >= 0.6 is 0 Å². The Bertz CT molecular complexity index is 1280. The number of amides is 1. The maximum absolute atomic E-state index is 12.5. The van der Waals surface area contributed by atoms with E-state index in [1.165, 1.54) is 24.4 Å². The summed E-state index contributed by atoms with van der Waals surface area (Å²) in [5, 5.41) is 23.0. The van der Waals surface area contributed by atoms with E-state index in [9.17, 15) is 15.0 Å². The van der Waals surface area contributed by atoms with Gasteiger partial charge in [0.25, 0.3) is 5.91 Å². The zero-order chi connectivity index (χ0) is 22.5. The van der Waals surface area contributed by atoms with Gasteiger partial charge in [-0.15, -0.1) is 0 Å². The van der Waals surface area contributed by atoms with Crippen molar-refractivity contribution in [1.29, 1.82) is 0 Å². The average molecular weight is 430 g/mol. The molecule has 0 spiro atoms. The lowest BCUT2D eigenvalue weighted by molar-refractivity contribution is -0.121. The Labute approximate surface area is 184 Å². The number of aryl methyl sites for hydroxylation is 1. The lowest BCUT2D eigenvalue weighted by Crippen LogP contribution is -2.24. The molecule has 0 saturated carbocycles. The van der Waals surface area contributed by atoms with Gasteiger partial charge in [0.2, 0.25) is 0 Å². The fourth-order valence-corrected chi connectivity index (χ4v) is 3.19. The van der Waals surface area contributed by atoms with Crippen molar-refractivity contribution in [2.75, 3.05) is 0 Å². The third-order valence-electron chi connectivity index (χ3n) is 4.83. The number of ether oxygens (including phenoxy) is 1. The molecule has 4 rings (SSSR count). The van der Waals surface area contributed by atoms with Gasteiger partial charge in [-0.3, -0.25) is 4.79 Å². The van der Waals surface area contributed by atoms with Gasteiger partial charge >= 0.3 is 0 Å². The van der Waals surface area contributed by atoms with Gasteiger partial charge < -0.3 is 19.5 Å². The van der Waals surface area contributed by atoms with E-state index in [0.29, 0.717) is 11.4 Å². The molecule has 1 heterocycles. The molecule has 0 atom stereocenters. The van der Waals surface area contributed by atoms with Crippen molar-refractivity contribution in [2.24, 2.45) is 5.10 Å². The van der Waals surface area contributed by atoms with Gasteiger partial charge in [-0.1, -0.05) is 29.8 Å². The Morgan fingerprint density at radius 1 is 1.12 bits per heavy atom. The number of aromatic nitrogens is 2. The van der Waals surface area contributed by atoms with E-state index < -0.39 is 0 Å². The van der Waals surface area contributed by atoms with Crippen LogP contribution in [0.15, 0.2) is 71.8 Å². The maximum atomic E-state index is 12.5. The molecule has 0 bridgehead atoms. The Morgan fingerprint density at radius 3 is 2.69 bits per heavy atom. The van der Waals surface area contributed by atoms with Crippen molar-refractivity contribution in [3.05, 3.63) is 83.7 Å². The molecular formula is C24H22N4O4. The average Bonchev–Trinajstić information content (AvgIpc) is 3.12. The van der Waals surface area contributed by atoms with E-state index in [1.54, 1.807) is 4.57 Å². The summed E-state index contributed by atoms with van der Waals surface area (Å²) in [6.07, 6.45) is 1.31. The highest BCUT2D eigenvalue weighted by Gasteiger charge is 2.14. The van der Waals surface area contributed by atoms with Crippen LogP contribution in [0.1, 0.15) is 17.0 Å². The van der Waals surface area contributed by atoms with Crippen molar-refractivity contribution in [1.82, 2.24) is 15.0 Å². The van der Waals surface area contributed by atoms with Gasteiger partial charge in [-0.2, -0.15) is 5.10 Å². The fourth-order valence-electron chi connectivity index (χ4n) is 3.19. The summed E-state index contributed by atoms with van der Waals surface area (Å²) in [6, 6.07) is 19.4. The van der Waals surface area contributed by atoms with Crippen LogP contribution in [0, 0.1) is 6.92 Å². The van der Waals surface area contributed by atoms with Crippen LogP contribution in [0.4, 0.5) is 0 Å². The number of hydrazone groups is 1. The highest BCUT2D eigenvalue weighted by molar-refractivity contribution is 5.86. The Kier molecular flexibility index (Phi) is 6.03. The normalized spacial score (nSPS) is 11.2. The number of hydrogen-bond donors (Lipinski definition) is 3. The summed E-state index contributed by atoms with van der Waals surface area (Å²) < 4.78 is 7.65. The van der Waals surface area contributed by atoms with Crippen LogP contribution in [0.2, 0.25) is 0 Å². The van der Waals surface area contributed by atoms with E-state index in [-0.39, 0.29) is 30.6 Å². The highest BCUT2D eigenvalue weighted by atomic mass is 16.5. The lowest BCUT2D eigenvalue weighted by Gasteiger charge is -2.10. The third kappa shape index (κ3) is 4.86. The quantitative estimate of drug-likeness (QED) is 0.307. The summed E-state index contributed by atoms with van der Waals surface area (Å²) >= 11 is 0. The molecule has 3 N–H and O–H groups in total. The minimum Gasteiger partial charge on any atom is -0.508 e. The molecule has 0 radical (unpaired) electrons. The Balaban J connectivity index is 1.48. The summed E-state index contributed by atoms with van der Waals surface area (Å²) in [5.74, 6) is 0.772. The molecule has 4 aromatic rings. The number of hydrogen-bond acceptors (Lipinski definition) is 6. The first-order chi connectivity index (χ1) is 15.5. The number of nitrogens with zero attached hydrogens (tertiary/aromatic N) is 3. The number of imidazole rings is 1. The van der Waals surface area contributed by atoms with Crippen LogP contribution in [0.25, 0.3) is 11.0 Å². The molecule has 8 heteroatoms. The van der Waals surface area contributed by atoms with Gasteiger partial charge in [0, 0.05) is 11.6 Å². The van der Waals surface area contributed by atoms with Gasteiger partial charge in [0.05, 0.1) is 17.2 Å². The number of phenols is 2. The van der Waals surface area contributed by atoms with Crippen LogP contribution in [-0.2, 0) is 17.9 Å². The second kappa shape index (κ2) is 9.22. The van der Waals surface area contributed by atoms with Crippen molar-refractivity contribution in [3.63, 3.8) is 0 Å². The number of rotatable bonds is 7. The first kappa shape index (κ1) is 20.9. The third-order valence-corrected chi connectivity index (χ3v) is 4.83. The molecule has 0 fully saturated rings. The van der Waals surface area contributed by atoms with Crippen LogP contribution in [-0.4, -0.2) is 31.9 Å². The maximum Gasteiger partial charge on any atom is 0.260 e. The van der Waals surface area contributed by atoms with E-state index in [4.69, 9.17) is 4.74 Å². The number of phenolic OH excluding ortho intramolecular Hbond substituents is 2. The number of fused-ring (bicyclic) bond motifs is 1. The Hall–Kier alpha value is -4.33. The van der Waals surface area contributed by atoms with Crippen molar-refractivity contribution >= 4 is 23.2 Å². The fraction of sp³-hybridized carbons (Fsp3) is 0.125. The van der Waals surface area contributed by atoms with E-state index >= 15 is 0 Å². The van der Waals surface area contributed by atoms with Gasteiger partial charge in [-0.05, 0) is 43.3 Å². The van der Waals surface area contributed by atoms with E-state index in [1.807, 2.05) is 55.5 Å². The molecule has 0 aliphatic rings. The van der Waals surface area contributed by atoms with Crippen LogP contribution in [0.5, 0.6) is 17.2 Å². The summed E-state index contributed by atoms with van der Waals surface area (Å²) in [4.78, 5) is 17.1. The number of nitrogens with one attached hydrogen (secondary N) is 1. The van der Waals surface area contributed by atoms with Crippen molar-refractivity contribution < 1.29 is 19.7 Å². The number of carbonyl (C=O) groups excluding carboxylic acids is 1. The highest BCUT2D eigenvalue weighted by Crippen LogP contribution is 2.21. The molecule has 0 unspecified atom stereocenters. The van der Waals surface area contributed by atoms with Crippen LogP contribution in [0.3, 0.4) is 0 Å². The van der Waals surface area contributed by atoms with E-state index in [0.717, 1.165) is 22.3 Å². The first-order valence-corrected chi connectivity index (χ1v) is 9.97. The predicted octanol–water partition coefficient (Wildman–Crippen LogP) is 3.49. The molecule has 0 aliphatic carbocycles. The summed E-state index contributed by atoms with van der Waals surface area (Å²) in [6.45, 7) is 2.20. The topological polar surface area (TPSA) is 109 Å². The molecule has 3 aromatic carbocycles. The zero-order valence-electron chi connectivity index (χ0n) is 17.4. The lowest BCUT2D eigenvalue weighted by atomic mass is 10.2. The molecule has 162 valence electrons. The Morgan fingerprint density at radius 2 is 1.91 bits per heavy atom. The second-order valence-corrected chi connectivity index (χ2v) is 7.24. The van der Waals surface area contributed by atoms with Crippen LogP contribution < -0.4 is 10.2 Å². The van der Waals surface area contributed by atoms with Gasteiger partial charge in [0.15, 0.2) is 0 Å². The standard InChI is InChI=1S/C24H22N4O4/c1-16-6-10-19(11-7-16)32-15-23-26-20-4-2-3-5-21(20)28(23)14-24(31)27-25-13-17-8-9-18(29)12-22(17)30/h2-13,29-30H,14-15H2,1H3,(H,27,31). The smallest absolute Gasteiger partial charge is 0.260 e. The van der Waals surface area contributed by atoms with Crippen molar-refractivity contribution in [3.8, 4) is 17.2 Å². The number of benzene rings is 3. The summed E-state index contributed by atoms with van der Waals surface area (Å²) in [7, 11) is 0. The minimum atomic E-state index is -0.362. The first-order valence-electron chi connectivity index (χ1n) is 9.97. The van der Waals surface area contributed by atoms with E-state index in [2.05, 4.69) is 15.5 Å². The second-order valence-electron chi connectivity index (χ2n) is 7.24. The zero-order valence-corrected chi connectivity index (χ0v) is 17.4. The molecule has 0 saturated heterocycles. The van der Waals surface area contributed by atoms with Gasteiger partial charge in [-0.25, -0.2) is 10.4 Å². The molecule has 1 aromatic heterocycles. The molecule has 1 amide bonds. The largest absolute Gasteiger partial charge is 0.508 e. The predicted molar refractivity (Wildman–Crippen MR) is 121 cm³/mol. The summed E-state index contributed by atoms with van der Waals surface area (Å²) in [5.41, 5.74) is 5.53. The molecule has 32 heavy (non-hydrogen) atoms. The van der Waals surface area contributed by atoms with Gasteiger partial charge in [0.1, 0.15) is 36.2 Å². The SMILES string of the molecule is Cc1ccc(OCc2nc3ccccc3n2CC(=O)NN=Cc2ccc(O)cc2O)cc1. The molecular weight excluding hydrogens is 408 g/mol. The minimum absolute atomic E-state index is 0.00793. The number of para-hydroxylation sites is 2. The molecule has 8 nitrogen and oxygen atoms in total.